The zero-order valence-corrected chi connectivity index (χ0v) is 10.3. The van der Waals surface area contributed by atoms with Crippen molar-refractivity contribution in [2.75, 3.05) is 7.11 Å². The van der Waals surface area contributed by atoms with Gasteiger partial charge in [0.05, 0.1) is 7.11 Å². The monoisotopic (exact) mass is 239 g/mol. The van der Waals surface area contributed by atoms with E-state index in [1.807, 2.05) is 30.3 Å². The predicted molar refractivity (Wildman–Crippen MR) is 70.7 cm³/mol. The maximum absolute atomic E-state index is 5.76. The molecular weight excluding hydrogens is 226 g/mol. The number of benzene rings is 2. The Bertz CT molecular complexity index is 701. The molecule has 18 heavy (non-hydrogen) atoms. The molecule has 0 saturated carbocycles. The number of fused-ring (bicyclic) bond motifs is 1. The molecule has 0 aliphatic heterocycles. The highest BCUT2D eigenvalue weighted by Crippen LogP contribution is 2.27. The molecule has 0 atom stereocenters. The smallest absolute Gasteiger partial charge is 0.227 e. The van der Waals surface area contributed by atoms with Gasteiger partial charge in [-0.3, -0.25) is 0 Å². The molecule has 0 aliphatic carbocycles. The van der Waals surface area contributed by atoms with E-state index in [0.717, 1.165) is 22.4 Å². The van der Waals surface area contributed by atoms with Gasteiger partial charge >= 0.3 is 0 Å². The maximum atomic E-state index is 5.76. The van der Waals surface area contributed by atoms with Crippen LogP contribution in [0.4, 0.5) is 0 Å². The van der Waals surface area contributed by atoms with Crippen LogP contribution in [0.1, 0.15) is 5.56 Å². The molecule has 90 valence electrons. The number of methoxy groups -OCH3 is 1. The first kappa shape index (κ1) is 10.8. The first-order chi connectivity index (χ1) is 8.76. The minimum atomic E-state index is 0.641. The third-order valence-electron chi connectivity index (χ3n) is 2.86. The molecule has 3 rings (SSSR count). The van der Waals surface area contributed by atoms with Crippen LogP contribution in [0.5, 0.6) is 5.75 Å². The topological polar surface area (TPSA) is 35.3 Å². The van der Waals surface area contributed by atoms with E-state index >= 15 is 0 Å². The van der Waals surface area contributed by atoms with Crippen LogP contribution in [0.2, 0.25) is 0 Å². The van der Waals surface area contributed by atoms with E-state index in [-0.39, 0.29) is 0 Å². The van der Waals surface area contributed by atoms with E-state index in [0.29, 0.717) is 5.89 Å². The van der Waals surface area contributed by atoms with E-state index in [4.69, 9.17) is 9.15 Å². The minimum absolute atomic E-state index is 0.641. The van der Waals surface area contributed by atoms with Gasteiger partial charge in [-0.15, -0.1) is 0 Å². The molecule has 0 aliphatic rings. The van der Waals surface area contributed by atoms with Crippen molar-refractivity contribution < 1.29 is 9.15 Å². The van der Waals surface area contributed by atoms with Crippen LogP contribution in [0.25, 0.3) is 22.6 Å². The standard InChI is InChI=1S/C15H13NO2/c1-10-4-3-5-11(8-10)15-16-13-7-6-12(17-2)9-14(13)18-15/h3-9H,1-2H3. The fraction of sp³-hybridized carbons (Fsp3) is 0.133. The van der Waals surface area contributed by atoms with Crippen molar-refractivity contribution in [3.8, 4) is 17.2 Å². The van der Waals surface area contributed by atoms with Crippen molar-refractivity contribution in [2.45, 2.75) is 6.92 Å². The van der Waals surface area contributed by atoms with Gasteiger partial charge in [-0.1, -0.05) is 17.7 Å². The lowest BCUT2D eigenvalue weighted by Gasteiger charge is -1.96. The number of aromatic nitrogens is 1. The highest BCUT2D eigenvalue weighted by Gasteiger charge is 2.08. The summed E-state index contributed by atoms with van der Waals surface area (Å²) in [5, 5.41) is 0. The van der Waals surface area contributed by atoms with Crippen molar-refractivity contribution in [3.63, 3.8) is 0 Å². The van der Waals surface area contributed by atoms with E-state index in [9.17, 15) is 0 Å². The van der Waals surface area contributed by atoms with Crippen LogP contribution >= 0.6 is 0 Å². The molecule has 3 nitrogen and oxygen atoms in total. The number of ether oxygens (including phenoxy) is 1. The van der Waals surface area contributed by atoms with E-state index in [1.165, 1.54) is 5.56 Å². The van der Waals surface area contributed by atoms with Crippen molar-refractivity contribution in [3.05, 3.63) is 48.0 Å². The molecule has 3 heteroatoms. The number of aryl methyl sites for hydroxylation is 1. The third-order valence-corrected chi connectivity index (χ3v) is 2.86. The fourth-order valence-corrected chi connectivity index (χ4v) is 1.93. The van der Waals surface area contributed by atoms with Gasteiger partial charge in [-0.25, -0.2) is 4.98 Å². The molecule has 0 radical (unpaired) electrons. The quantitative estimate of drug-likeness (QED) is 0.682. The second-order valence-corrected chi connectivity index (χ2v) is 4.22. The highest BCUT2D eigenvalue weighted by atomic mass is 16.5. The average molecular weight is 239 g/mol. The summed E-state index contributed by atoms with van der Waals surface area (Å²) in [5.74, 6) is 1.41. The zero-order chi connectivity index (χ0) is 12.5. The van der Waals surface area contributed by atoms with Gasteiger partial charge in [-0.2, -0.15) is 0 Å². The Kier molecular flexibility index (Phi) is 2.52. The first-order valence-corrected chi connectivity index (χ1v) is 5.78. The summed E-state index contributed by atoms with van der Waals surface area (Å²) < 4.78 is 10.9. The van der Waals surface area contributed by atoms with Crippen LogP contribution in [0.3, 0.4) is 0 Å². The van der Waals surface area contributed by atoms with Gasteiger partial charge in [-0.05, 0) is 31.2 Å². The summed E-state index contributed by atoms with van der Waals surface area (Å²) in [6, 6.07) is 13.7. The summed E-state index contributed by atoms with van der Waals surface area (Å²) in [7, 11) is 1.64. The Hall–Kier alpha value is -2.29. The predicted octanol–water partition coefficient (Wildman–Crippen LogP) is 3.81. The molecule has 0 bridgehead atoms. The number of oxazole rings is 1. The van der Waals surface area contributed by atoms with Crippen LogP contribution < -0.4 is 4.74 Å². The zero-order valence-electron chi connectivity index (χ0n) is 10.3. The molecule has 1 aromatic heterocycles. The van der Waals surface area contributed by atoms with Crippen LogP contribution in [0.15, 0.2) is 46.9 Å². The Morgan fingerprint density at radius 3 is 2.78 bits per heavy atom. The van der Waals surface area contributed by atoms with Gasteiger partial charge in [0.25, 0.3) is 0 Å². The molecule has 0 N–H and O–H groups in total. The van der Waals surface area contributed by atoms with Gasteiger partial charge in [0, 0.05) is 11.6 Å². The lowest BCUT2D eigenvalue weighted by atomic mass is 10.1. The Morgan fingerprint density at radius 1 is 1.11 bits per heavy atom. The van der Waals surface area contributed by atoms with Crippen molar-refractivity contribution in [1.82, 2.24) is 4.98 Å². The van der Waals surface area contributed by atoms with Crippen molar-refractivity contribution >= 4 is 11.1 Å². The van der Waals surface area contributed by atoms with Gasteiger partial charge in [0.2, 0.25) is 5.89 Å². The van der Waals surface area contributed by atoms with Crippen LogP contribution in [0, 0.1) is 6.92 Å². The lowest BCUT2D eigenvalue weighted by Crippen LogP contribution is -1.80. The Balaban J connectivity index is 2.13. The Morgan fingerprint density at radius 2 is 2.00 bits per heavy atom. The van der Waals surface area contributed by atoms with E-state index in [2.05, 4.69) is 24.0 Å². The average Bonchev–Trinajstić information content (AvgIpc) is 2.81. The number of hydrogen-bond acceptors (Lipinski definition) is 3. The van der Waals surface area contributed by atoms with Crippen LogP contribution in [-0.2, 0) is 0 Å². The number of rotatable bonds is 2. The van der Waals surface area contributed by atoms with Crippen LogP contribution in [-0.4, -0.2) is 12.1 Å². The van der Waals surface area contributed by atoms with Crippen molar-refractivity contribution in [1.29, 1.82) is 0 Å². The molecule has 3 aromatic rings. The van der Waals surface area contributed by atoms with Gasteiger partial charge in [0.1, 0.15) is 11.3 Å². The molecule has 0 amide bonds. The molecule has 1 heterocycles. The second kappa shape index (κ2) is 4.18. The summed E-state index contributed by atoms with van der Waals surface area (Å²) in [4.78, 5) is 4.48. The lowest BCUT2D eigenvalue weighted by molar-refractivity contribution is 0.414. The molecule has 2 aromatic carbocycles. The fourth-order valence-electron chi connectivity index (χ4n) is 1.93. The number of nitrogens with zero attached hydrogens (tertiary/aromatic N) is 1. The van der Waals surface area contributed by atoms with E-state index in [1.54, 1.807) is 7.11 Å². The number of hydrogen-bond donors (Lipinski definition) is 0. The second-order valence-electron chi connectivity index (χ2n) is 4.22. The normalized spacial score (nSPS) is 10.8. The summed E-state index contributed by atoms with van der Waals surface area (Å²) in [6.45, 7) is 2.05. The maximum Gasteiger partial charge on any atom is 0.227 e. The van der Waals surface area contributed by atoms with E-state index < -0.39 is 0 Å². The Labute approximate surface area is 105 Å². The molecule has 0 unspecified atom stereocenters. The molecular formula is C15H13NO2. The summed E-state index contributed by atoms with van der Waals surface area (Å²) in [6.07, 6.45) is 0. The molecule has 0 spiro atoms. The SMILES string of the molecule is COc1ccc2nc(-c3cccc(C)c3)oc2c1. The minimum Gasteiger partial charge on any atom is -0.497 e. The van der Waals surface area contributed by atoms with Gasteiger partial charge in [0.15, 0.2) is 5.58 Å². The highest BCUT2D eigenvalue weighted by molar-refractivity contribution is 5.77. The van der Waals surface area contributed by atoms with Crippen molar-refractivity contribution in [2.24, 2.45) is 0 Å². The molecule has 0 fully saturated rings. The first-order valence-electron chi connectivity index (χ1n) is 5.78. The molecule has 0 saturated heterocycles. The summed E-state index contributed by atoms with van der Waals surface area (Å²) >= 11 is 0. The third kappa shape index (κ3) is 1.84. The summed E-state index contributed by atoms with van der Waals surface area (Å²) in [5.41, 5.74) is 3.76. The largest absolute Gasteiger partial charge is 0.497 e. The van der Waals surface area contributed by atoms with Gasteiger partial charge < -0.3 is 9.15 Å².